The van der Waals surface area contributed by atoms with Crippen LogP contribution in [0.4, 0.5) is 26.3 Å². The summed E-state index contributed by atoms with van der Waals surface area (Å²) < 4.78 is 84.6. The summed E-state index contributed by atoms with van der Waals surface area (Å²) in [7, 11) is 0. The Balaban J connectivity index is 1.80. The van der Waals surface area contributed by atoms with Crippen molar-refractivity contribution in [2.75, 3.05) is 13.2 Å². The Bertz CT molecular complexity index is 889. The van der Waals surface area contributed by atoms with Gasteiger partial charge >= 0.3 is 12.4 Å². The van der Waals surface area contributed by atoms with E-state index < -0.39 is 46.8 Å². The molecule has 0 bridgehead atoms. The second-order valence-electron chi connectivity index (χ2n) is 10.1. The largest absolute Gasteiger partial charge is 0.416 e. The first-order valence-electron chi connectivity index (χ1n) is 11.7. The normalized spacial score (nSPS) is 24.4. The summed E-state index contributed by atoms with van der Waals surface area (Å²) in [5.41, 5.74) is -4.61. The van der Waals surface area contributed by atoms with Gasteiger partial charge in [0, 0.05) is 31.8 Å². The lowest BCUT2D eigenvalue weighted by Crippen LogP contribution is -2.49. The van der Waals surface area contributed by atoms with Crippen molar-refractivity contribution in [3.05, 3.63) is 47.5 Å². The molecule has 1 aromatic rings. The Labute approximate surface area is 201 Å². The zero-order valence-corrected chi connectivity index (χ0v) is 19.9. The Kier molecular flexibility index (Phi) is 7.96. The molecule has 2 fully saturated rings. The zero-order chi connectivity index (χ0) is 26.1. The van der Waals surface area contributed by atoms with Crippen molar-refractivity contribution in [3.8, 4) is 0 Å². The minimum Gasteiger partial charge on any atom is -0.381 e. The van der Waals surface area contributed by atoms with Crippen molar-refractivity contribution in [2.45, 2.75) is 76.9 Å². The number of alkyl halides is 6. The van der Waals surface area contributed by atoms with Crippen LogP contribution in [0.5, 0.6) is 0 Å². The van der Waals surface area contributed by atoms with Crippen LogP contribution in [0.25, 0.3) is 0 Å². The lowest BCUT2D eigenvalue weighted by Gasteiger charge is -2.41. The second kappa shape index (κ2) is 10.1. The highest BCUT2D eigenvalue weighted by atomic mass is 19.4. The number of carbonyl (C=O) groups is 1. The standard InChI is InChI=1S/C25H32F6N2O2/c1-4-22(2,3)23(8-5-20(14-23)33-19-6-9-35-10-7-19)21(34)32-15-16-11-17(24(26,27)28)13-18(12-16)25(29,30)31/h4,11-13,19-20,33H,1,5-10,14-15H2,2-3H3,(H,32,34). The molecule has 196 valence electrons. The molecule has 35 heavy (non-hydrogen) atoms. The number of amides is 1. The van der Waals surface area contributed by atoms with Gasteiger partial charge in [0.15, 0.2) is 0 Å². The first-order valence-corrected chi connectivity index (χ1v) is 11.7. The van der Waals surface area contributed by atoms with Gasteiger partial charge in [0.25, 0.3) is 0 Å². The Morgan fingerprint density at radius 3 is 2.11 bits per heavy atom. The minimum atomic E-state index is -4.94. The fourth-order valence-corrected chi connectivity index (χ4v) is 5.14. The highest BCUT2D eigenvalue weighted by molar-refractivity contribution is 5.84. The molecule has 2 aliphatic rings. The lowest BCUT2D eigenvalue weighted by molar-refractivity contribution is -0.143. The van der Waals surface area contributed by atoms with E-state index in [-0.39, 0.29) is 23.7 Å². The number of nitrogens with one attached hydrogen (secondary N) is 2. The van der Waals surface area contributed by atoms with Crippen molar-refractivity contribution in [2.24, 2.45) is 10.8 Å². The van der Waals surface area contributed by atoms with Crippen molar-refractivity contribution < 1.29 is 35.9 Å². The third-order valence-electron chi connectivity index (χ3n) is 7.49. The molecule has 2 unspecified atom stereocenters. The highest BCUT2D eigenvalue weighted by Crippen LogP contribution is 2.52. The van der Waals surface area contributed by atoms with Gasteiger partial charge in [0.2, 0.25) is 5.91 Å². The Morgan fingerprint density at radius 2 is 1.60 bits per heavy atom. The van der Waals surface area contributed by atoms with E-state index in [0.717, 1.165) is 19.3 Å². The van der Waals surface area contributed by atoms with Crippen LogP contribution in [0.3, 0.4) is 0 Å². The third kappa shape index (κ3) is 6.20. The van der Waals surface area contributed by atoms with Crippen LogP contribution in [0.2, 0.25) is 0 Å². The fourth-order valence-electron chi connectivity index (χ4n) is 5.14. The van der Waals surface area contributed by atoms with Crippen LogP contribution in [-0.2, 0) is 28.4 Å². The van der Waals surface area contributed by atoms with E-state index in [1.54, 1.807) is 6.08 Å². The van der Waals surface area contributed by atoms with Gasteiger partial charge < -0.3 is 15.4 Å². The lowest BCUT2D eigenvalue weighted by atomic mass is 9.63. The highest BCUT2D eigenvalue weighted by Gasteiger charge is 2.53. The van der Waals surface area contributed by atoms with Gasteiger partial charge in [-0.2, -0.15) is 26.3 Å². The quantitative estimate of drug-likeness (QED) is 0.360. The number of benzene rings is 1. The van der Waals surface area contributed by atoms with Gasteiger partial charge in [-0.3, -0.25) is 4.79 Å². The fraction of sp³-hybridized carbons (Fsp3) is 0.640. The minimum absolute atomic E-state index is 0.0634. The van der Waals surface area contributed by atoms with E-state index in [1.165, 1.54) is 0 Å². The van der Waals surface area contributed by atoms with Crippen molar-refractivity contribution >= 4 is 5.91 Å². The van der Waals surface area contributed by atoms with Gasteiger partial charge in [-0.15, -0.1) is 6.58 Å². The smallest absolute Gasteiger partial charge is 0.381 e. The predicted molar refractivity (Wildman–Crippen MR) is 119 cm³/mol. The van der Waals surface area contributed by atoms with Crippen LogP contribution >= 0.6 is 0 Å². The maximum atomic E-state index is 13.5. The number of hydrogen-bond acceptors (Lipinski definition) is 3. The van der Waals surface area contributed by atoms with E-state index in [4.69, 9.17) is 4.74 Å². The van der Waals surface area contributed by atoms with Crippen molar-refractivity contribution in [1.29, 1.82) is 0 Å². The molecule has 1 heterocycles. The number of hydrogen-bond donors (Lipinski definition) is 2. The molecule has 0 aromatic heterocycles. The van der Waals surface area contributed by atoms with Crippen LogP contribution in [0, 0.1) is 10.8 Å². The molecule has 0 radical (unpaired) electrons. The molecular weight excluding hydrogens is 474 g/mol. The van der Waals surface area contributed by atoms with E-state index in [1.807, 2.05) is 13.8 Å². The van der Waals surface area contributed by atoms with Crippen molar-refractivity contribution in [1.82, 2.24) is 10.6 Å². The number of rotatable bonds is 7. The topological polar surface area (TPSA) is 50.4 Å². The summed E-state index contributed by atoms with van der Waals surface area (Å²) in [6.45, 7) is 8.53. The second-order valence-corrected chi connectivity index (χ2v) is 10.1. The van der Waals surface area contributed by atoms with Crippen LogP contribution in [0.1, 0.15) is 62.6 Å². The predicted octanol–water partition coefficient (Wildman–Crippen LogP) is 5.86. The molecule has 2 N–H and O–H groups in total. The molecule has 2 atom stereocenters. The molecule has 1 aromatic carbocycles. The zero-order valence-electron chi connectivity index (χ0n) is 19.9. The Morgan fingerprint density at radius 1 is 1.03 bits per heavy atom. The van der Waals surface area contributed by atoms with Gasteiger partial charge in [-0.05, 0) is 61.3 Å². The molecule has 4 nitrogen and oxygen atoms in total. The molecule has 10 heteroatoms. The summed E-state index contributed by atoms with van der Waals surface area (Å²) in [5, 5.41) is 6.24. The number of halogens is 6. The van der Waals surface area contributed by atoms with E-state index in [2.05, 4.69) is 17.2 Å². The molecule has 0 spiro atoms. The molecule has 1 aliphatic heterocycles. The van der Waals surface area contributed by atoms with E-state index >= 15 is 0 Å². The maximum Gasteiger partial charge on any atom is 0.416 e. The molecular formula is C25H32F6N2O2. The van der Waals surface area contributed by atoms with Gasteiger partial charge in [-0.25, -0.2) is 0 Å². The van der Waals surface area contributed by atoms with Crippen LogP contribution < -0.4 is 10.6 Å². The maximum absolute atomic E-state index is 13.5. The van der Waals surface area contributed by atoms with E-state index in [0.29, 0.717) is 38.2 Å². The molecule has 1 saturated carbocycles. The van der Waals surface area contributed by atoms with Crippen molar-refractivity contribution in [3.63, 3.8) is 0 Å². The number of allylic oxidation sites excluding steroid dienone is 1. The summed E-state index contributed by atoms with van der Waals surface area (Å²) in [6, 6.07) is 1.71. The molecule has 1 amide bonds. The molecule has 1 aliphatic carbocycles. The first-order chi connectivity index (χ1) is 16.2. The summed E-state index contributed by atoms with van der Waals surface area (Å²) in [5.74, 6) is -0.398. The molecule has 3 rings (SSSR count). The monoisotopic (exact) mass is 506 g/mol. The average molecular weight is 507 g/mol. The summed E-state index contributed by atoms with van der Waals surface area (Å²) in [4.78, 5) is 13.5. The van der Waals surface area contributed by atoms with Gasteiger partial charge in [0.05, 0.1) is 16.5 Å². The number of ether oxygens (including phenoxy) is 1. The SMILES string of the molecule is C=CC(C)(C)C1(C(=O)NCc2cc(C(F)(F)F)cc(C(F)(F)F)c2)CCC(NC2CCOCC2)C1. The first kappa shape index (κ1) is 27.5. The summed E-state index contributed by atoms with van der Waals surface area (Å²) >= 11 is 0. The van der Waals surface area contributed by atoms with Crippen LogP contribution in [-0.4, -0.2) is 31.2 Å². The van der Waals surface area contributed by atoms with Gasteiger partial charge in [-0.1, -0.05) is 19.9 Å². The van der Waals surface area contributed by atoms with Gasteiger partial charge in [0.1, 0.15) is 0 Å². The third-order valence-corrected chi connectivity index (χ3v) is 7.49. The Hall–Kier alpha value is -2.07. The summed E-state index contributed by atoms with van der Waals surface area (Å²) in [6.07, 6.45) is -4.71. The van der Waals surface area contributed by atoms with E-state index in [9.17, 15) is 31.1 Å². The number of carbonyl (C=O) groups excluding carboxylic acids is 1. The average Bonchev–Trinajstić information content (AvgIpc) is 3.22. The molecule has 1 saturated heterocycles. The van der Waals surface area contributed by atoms with Crippen LogP contribution in [0.15, 0.2) is 30.9 Å².